The Morgan fingerprint density at radius 1 is 1.29 bits per heavy atom. The molecule has 0 amide bonds. The molecule has 0 aliphatic heterocycles. The van der Waals surface area contributed by atoms with Crippen molar-refractivity contribution in [2.75, 3.05) is 6.54 Å². The van der Waals surface area contributed by atoms with Crippen LogP contribution in [0.1, 0.15) is 46.0 Å². The maximum absolute atomic E-state index is 3.62. The van der Waals surface area contributed by atoms with Gasteiger partial charge in [-0.05, 0) is 37.5 Å². The van der Waals surface area contributed by atoms with Gasteiger partial charge in [0.25, 0.3) is 0 Å². The Bertz CT molecular complexity index is 209. The van der Waals surface area contributed by atoms with E-state index in [4.69, 9.17) is 0 Å². The van der Waals surface area contributed by atoms with Crippen LogP contribution in [-0.2, 0) is 0 Å². The summed E-state index contributed by atoms with van der Waals surface area (Å²) in [5.74, 6) is 1.63. The average Bonchev–Trinajstić information content (AvgIpc) is 2.83. The zero-order valence-corrected chi connectivity index (χ0v) is 9.55. The number of hydrogen-bond acceptors (Lipinski definition) is 1. The second kappa shape index (κ2) is 4.48. The Labute approximate surface area is 88.0 Å². The van der Waals surface area contributed by atoms with Crippen LogP contribution in [0.15, 0.2) is 11.6 Å². The molecule has 1 nitrogen and oxygen atoms in total. The van der Waals surface area contributed by atoms with Gasteiger partial charge in [-0.15, -0.1) is 0 Å². The smallest absolute Gasteiger partial charge is 0.0169 e. The first-order chi connectivity index (χ1) is 6.75. The molecular formula is C13H23N. The third-order valence-corrected chi connectivity index (χ3v) is 3.51. The van der Waals surface area contributed by atoms with Gasteiger partial charge in [-0.2, -0.15) is 0 Å². The summed E-state index contributed by atoms with van der Waals surface area (Å²) in [5.41, 5.74) is 1.64. The van der Waals surface area contributed by atoms with Crippen LogP contribution in [0, 0.1) is 11.8 Å². The van der Waals surface area contributed by atoms with E-state index >= 15 is 0 Å². The third-order valence-electron chi connectivity index (χ3n) is 3.51. The molecule has 0 aromatic heterocycles. The molecule has 0 atom stereocenters. The highest BCUT2D eigenvalue weighted by Crippen LogP contribution is 2.30. The van der Waals surface area contributed by atoms with E-state index < -0.39 is 0 Å². The lowest BCUT2D eigenvalue weighted by molar-refractivity contribution is 0.383. The first-order valence-electron chi connectivity index (χ1n) is 6.19. The van der Waals surface area contributed by atoms with Crippen LogP contribution in [0.25, 0.3) is 0 Å². The van der Waals surface area contributed by atoms with Gasteiger partial charge in [0.1, 0.15) is 0 Å². The van der Waals surface area contributed by atoms with E-state index in [9.17, 15) is 0 Å². The third kappa shape index (κ3) is 2.84. The molecule has 2 aliphatic carbocycles. The fraction of sp³-hybridized carbons (Fsp3) is 0.846. The lowest BCUT2D eigenvalue weighted by Gasteiger charge is -2.24. The number of allylic oxidation sites excluding steroid dienone is 1. The Morgan fingerprint density at radius 3 is 2.43 bits per heavy atom. The second-order valence-electron chi connectivity index (χ2n) is 5.24. The molecule has 2 fully saturated rings. The molecule has 14 heavy (non-hydrogen) atoms. The van der Waals surface area contributed by atoms with Crippen molar-refractivity contribution in [1.29, 1.82) is 0 Å². The maximum Gasteiger partial charge on any atom is 0.0169 e. The molecule has 0 heterocycles. The molecule has 2 rings (SSSR count). The van der Waals surface area contributed by atoms with E-state index in [0.29, 0.717) is 0 Å². The average molecular weight is 193 g/mol. The quantitative estimate of drug-likeness (QED) is 0.661. The van der Waals surface area contributed by atoms with E-state index in [1.807, 2.05) is 0 Å². The topological polar surface area (TPSA) is 12.0 Å². The van der Waals surface area contributed by atoms with Gasteiger partial charge in [0.2, 0.25) is 0 Å². The first-order valence-corrected chi connectivity index (χ1v) is 6.19. The van der Waals surface area contributed by atoms with Crippen LogP contribution in [0.2, 0.25) is 0 Å². The highest BCUT2D eigenvalue weighted by Gasteiger charge is 2.22. The van der Waals surface area contributed by atoms with Crippen molar-refractivity contribution in [3.8, 4) is 0 Å². The highest BCUT2D eigenvalue weighted by molar-refractivity contribution is 5.11. The molecular weight excluding hydrogens is 170 g/mol. The Hall–Kier alpha value is -0.300. The molecule has 0 unspecified atom stereocenters. The molecule has 0 aromatic rings. The summed E-state index contributed by atoms with van der Waals surface area (Å²) in [4.78, 5) is 0. The van der Waals surface area contributed by atoms with Crippen molar-refractivity contribution in [3.05, 3.63) is 11.6 Å². The van der Waals surface area contributed by atoms with Crippen molar-refractivity contribution >= 4 is 0 Å². The molecule has 0 radical (unpaired) electrons. The summed E-state index contributed by atoms with van der Waals surface area (Å²) in [7, 11) is 0. The summed E-state index contributed by atoms with van der Waals surface area (Å²) in [6, 6.07) is 0.846. The monoisotopic (exact) mass is 193 g/mol. The second-order valence-corrected chi connectivity index (χ2v) is 5.24. The van der Waals surface area contributed by atoms with Crippen LogP contribution in [-0.4, -0.2) is 12.6 Å². The maximum atomic E-state index is 3.62. The van der Waals surface area contributed by atoms with Gasteiger partial charge in [0, 0.05) is 12.6 Å². The van der Waals surface area contributed by atoms with Crippen LogP contribution in [0.4, 0.5) is 0 Å². The van der Waals surface area contributed by atoms with Gasteiger partial charge in [0.15, 0.2) is 0 Å². The molecule has 2 saturated carbocycles. The normalized spacial score (nSPS) is 24.1. The molecule has 1 heteroatoms. The molecule has 2 aliphatic rings. The van der Waals surface area contributed by atoms with Gasteiger partial charge in [-0.1, -0.05) is 31.9 Å². The molecule has 0 spiro atoms. The SMILES string of the molecule is CC(C)C(=CC1CCC1)CNC1CC1. The predicted octanol–water partition coefficient (Wildman–Crippen LogP) is 3.12. The highest BCUT2D eigenvalue weighted by atomic mass is 14.9. The minimum Gasteiger partial charge on any atom is -0.310 e. The number of nitrogens with one attached hydrogen (secondary N) is 1. The fourth-order valence-corrected chi connectivity index (χ4v) is 1.91. The van der Waals surface area contributed by atoms with E-state index in [0.717, 1.165) is 24.4 Å². The Morgan fingerprint density at radius 2 is 2.00 bits per heavy atom. The summed E-state index contributed by atoms with van der Waals surface area (Å²) in [5, 5.41) is 3.62. The standard InChI is InChI=1S/C13H23N/c1-10(2)12(8-11-4-3-5-11)9-14-13-6-7-13/h8,10-11,13-14H,3-7,9H2,1-2H3. The molecule has 0 bridgehead atoms. The zero-order valence-electron chi connectivity index (χ0n) is 9.55. The number of hydrogen-bond donors (Lipinski definition) is 1. The summed E-state index contributed by atoms with van der Waals surface area (Å²) >= 11 is 0. The van der Waals surface area contributed by atoms with Crippen LogP contribution in [0.3, 0.4) is 0 Å². The molecule has 80 valence electrons. The van der Waals surface area contributed by atoms with Crippen molar-refractivity contribution in [1.82, 2.24) is 5.32 Å². The van der Waals surface area contributed by atoms with Crippen molar-refractivity contribution in [2.45, 2.75) is 52.0 Å². The van der Waals surface area contributed by atoms with E-state index in [2.05, 4.69) is 25.2 Å². The van der Waals surface area contributed by atoms with Crippen molar-refractivity contribution in [3.63, 3.8) is 0 Å². The van der Waals surface area contributed by atoms with Gasteiger partial charge in [-0.3, -0.25) is 0 Å². The minimum absolute atomic E-state index is 0.724. The van der Waals surface area contributed by atoms with E-state index in [-0.39, 0.29) is 0 Å². The molecule has 1 N–H and O–H groups in total. The molecule has 0 saturated heterocycles. The van der Waals surface area contributed by atoms with Gasteiger partial charge in [0.05, 0.1) is 0 Å². The van der Waals surface area contributed by atoms with Gasteiger partial charge in [-0.25, -0.2) is 0 Å². The Balaban J connectivity index is 1.81. The van der Waals surface area contributed by atoms with Crippen LogP contribution >= 0.6 is 0 Å². The van der Waals surface area contributed by atoms with Gasteiger partial charge >= 0.3 is 0 Å². The fourth-order valence-electron chi connectivity index (χ4n) is 1.91. The van der Waals surface area contributed by atoms with Crippen LogP contribution < -0.4 is 5.32 Å². The van der Waals surface area contributed by atoms with E-state index in [1.165, 1.54) is 32.1 Å². The van der Waals surface area contributed by atoms with Crippen molar-refractivity contribution < 1.29 is 0 Å². The molecule has 0 aromatic carbocycles. The zero-order chi connectivity index (χ0) is 9.97. The van der Waals surface area contributed by atoms with Crippen LogP contribution in [0.5, 0.6) is 0 Å². The summed E-state index contributed by atoms with van der Waals surface area (Å²) in [6.45, 7) is 5.77. The summed E-state index contributed by atoms with van der Waals surface area (Å²) in [6.07, 6.45) is 9.65. The Kier molecular flexibility index (Phi) is 3.27. The predicted molar refractivity (Wildman–Crippen MR) is 61.3 cm³/mol. The summed E-state index contributed by atoms with van der Waals surface area (Å²) < 4.78 is 0. The number of rotatable bonds is 5. The minimum atomic E-state index is 0.724. The largest absolute Gasteiger partial charge is 0.310 e. The lowest BCUT2D eigenvalue weighted by Crippen LogP contribution is -2.22. The van der Waals surface area contributed by atoms with Crippen molar-refractivity contribution in [2.24, 2.45) is 11.8 Å². The van der Waals surface area contributed by atoms with E-state index in [1.54, 1.807) is 5.57 Å². The lowest BCUT2D eigenvalue weighted by atomic mass is 9.82. The van der Waals surface area contributed by atoms with Gasteiger partial charge < -0.3 is 5.32 Å². The first kappa shape index (κ1) is 10.2.